The maximum Gasteiger partial charge on any atom is 0.434 e. The lowest BCUT2D eigenvalue weighted by molar-refractivity contribution is 0.380. The molecule has 19 heavy (non-hydrogen) atoms. The molecule has 0 unspecified atom stereocenters. The van der Waals surface area contributed by atoms with Gasteiger partial charge in [-0.25, -0.2) is 9.89 Å². The van der Waals surface area contributed by atoms with Gasteiger partial charge in [-0.2, -0.15) is 0 Å². The predicted molar refractivity (Wildman–Crippen MR) is 72.2 cm³/mol. The summed E-state index contributed by atoms with van der Waals surface area (Å²) in [5, 5.41) is 6.22. The highest BCUT2D eigenvalue weighted by Gasteiger charge is 2.24. The molecule has 1 aromatic heterocycles. The van der Waals surface area contributed by atoms with E-state index in [0.29, 0.717) is 5.89 Å². The van der Waals surface area contributed by atoms with Gasteiger partial charge in [-0.1, -0.05) is 0 Å². The van der Waals surface area contributed by atoms with E-state index in [0.717, 1.165) is 31.6 Å². The van der Waals surface area contributed by atoms with Crippen molar-refractivity contribution in [2.75, 3.05) is 23.7 Å². The van der Waals surface area contributed by atoms with Crippen molar-refractivity contribution in [3.63, 3.8) is 0 Å². The fourth-order valence-electron chi connectivity index (χ4n) is 2.49. The summed E-state index contributed by atoms with van der Waals surface area (Å²) in [5.41, 5.74) is 7.64. The van der Waals surface area contributed by atoms with Crippen LogP contribution in [0.25, 0.3) is 0 Å². The zero-order valence-corrected chi connectivity index (χ0v) is 10.5. The molecule has 3 N–H and O–H groups in total. The zero-order chi connectivity index (χ0) is 13.2. The first-order valence-corrected chi connectivity index (χ1v) is 6.38. The van der Waals surface area contributed by atoms with Crippen molar-refractivity contribution < 1.29 is 4.42 Å². The third-order valence-electron chi connectivity index (χ3n) is 3.56. The Labute approximate surface area is 110 Å². The Bertz CT molecular complexity index is 594. The number of hydrogen-bond acceptors (Lipinski definition) is 5. The Morgan fingerprint density at radius 2 is 1.95 bits per heavy atom. The quantitative estimate of drug-likeness (QED) is 0.795. The first-order chi connectivity index (χ1) is 9.22. The number of hydrogen-bond donors (Lipinski definition) is 2. The third kappa shape index (κ3) is 2.47. The van der Waals surface area contributed by atoms with Gasteiger partial charge in [0, 0.05) is 30.4 Å². The molecule has 100 valence electrons. The van der Waals surface area contributed by atoms with Crippen LogP contribution in [-0.2, 0) is 0 Å². The molecule has 1 fully saturated rings. The summed E-state index contributed by atoms with van der Waals surface area (Å²) in [6.07, 6.45) is 1.86. The van der Waals surface area contributed by atoms with Crippen LogP contribution in [0, 0.1) is 0 Å². The zero-order valence-electron chi connectivity index (χ0n) is 10.5. The van der Waals surface area contributed by atoms with Crippen molar-refractivity contribution in [3.05, 3.63) is 40.7 Å². The predicted octanol–water partition coefficient (Wildman–Crippen LogP) is 1.33. The van der Waals surface area contributed by atoms with Gasteiger partial charge in [0.05, 0.1) is 0 Å². The molecule has 1 saturated heterocycles. The number of nitrogens with one attached hydrogen (secondary N) is 1. The topological polar surface area (TPSA) is 88.1 Å². The van der Waals surface area contributed by atoms with Crippen LogP contribution in [0.2, 0.25) is 0 Å². The van der Waals surface area contributed by atoms with E-state index in [9.17, 15) is 4.79 Å². The Kier molecular flexibility index (Phi) is 2.98. The molecule has 0 spiro atoms. The van der Waals surface area contributed by atoms with E-state index in [2.05, 4.69) is 15.1 Å². The van der Waals surface area contributed by atoms with E-state index < -0.39 is 5.76 Å². The van der Waals surface area contributed by atoms with Crippen LogP contribution in [0.1, 0.15) is 24.7 Å². The summed E-state index contributed by atoms with van der Waals surface area (Å²) in [6, 6.07) is 7.89. The SMILES string of the molecule is Nc1ccc(N2CCC(c3n[nH]c(=O)o3)CC2)cc1. The van der Waals surface area contributed by atoms with Crippen LogP contribution < -0.4 is 16.4 Å². The standard InChI is InChI=1S/C13H16N4O2/c14-10-1-3-11(4-2-10)17-7-5-9(6-8-17)12-15-16-13(18)19-12/h1-4,9H,5-8,14H2,(H,16,18). The second-order valence-corrected chi connectivity index (χ2v) is 4.80. The molecule has 2 heterocycles. The lowest BCUT2D eigenvalue weighted by atomic mass is 9.96. The van der Waals surface area contributed by atoms with Gasteiger partial charge in [0.15, 0.2) is 0 Å². The number of H-pyrrole nitrogens is 1. The van der Waals surface area contributed by atoms with Gasteiger partial charge in [-0.3, -0.25) is 0 Å². The van der Waals surface area contributed by atoms with Gasteiger partial charge in [-0.15, -0.1) is 5.10 Å². The Morgan fingerprint density at radius 3 is 2.53 bits per heavy atom. The minimum atomic E-state index is -0.476. The highest BCUT2D eigenvalue weighted by molar-refractivity contribution is 5.53. The summed E-state index contributed by atoms with van der Waals surface area (Å²) in [6.45, 7) is 1.84. The van der Waals surface area contributed by atoms with Gasteiger partial charge in [0.25, 0.3) is 0 Å². The molecule has 1 aromatic carbocycles. The van der Waals surface area contributed by atoms with E-state index in [4.69, 9.17) is 10.2 Å². The molecule has 0 aliphatic carbocycles. The molecule has 0 atom stereocenters. The van der Waals surface area contributed by atoms with Crippen molar-refractivity contribution >= 4 is 11.4 Å². The van der Waals surface area contributed by atoms with Crippen molar-refractivity contribution in [1.29, 1.82) is 0 Å². The normalized spacial score (nSPS) is 16.7. The molecule has 0 saturated carbocycles. The Morgan fingerprint density at radius 1 is 1.26 bits per heavy atom. The van der Waals surface area contributed by atoms with Crippen molar-refractivity contribution in [2.24, 2.45) is 0 Å². The van der Waals surface area contributed by atoms with Crippen LogP contribution in [0.3, 0.4) is 0 Å². The highest BCUT2D eigenvalue weighted by atomic mass is 16.4. The maximum absolute atomic E-state index is 10.9. The molecule has 6 heteroatoms. The Hall–Kier alpha value is -2.24. The molecule has 2 aromatic rings. The number of rotatable bonds is 2. The largest absolute Gasteiger partial charge is 0.434 e. The maximum atomic E-state index is 10.9. The lowest BCUT2D eigenvalue weighted by Gasteiger charge is -2.32. The monoisotopic (exact) mass is 260 g/mol. The minimum absolute atomic E-state index is 0.226. The second kappa shape index (κ2) is 4.79. The van der Waals surface area contributed by atoms with Crippen LogP contribution in [0.4, 0.5) is 11.4 Å². The molecular formula is C13H16N4O2. The molecule has 0 amide bonds. The Balaban J connectivity index is 1.66. The number of aromatic amines is 1. The van der Waals surface area contributed by atoms with Crippen LogP contribution in [-0.4, -0.2) is 23.3 Å². The molecule has 3 rings (SSSR count). The second-order valence-electron chi connectivity index (χ2n) is 4.80. The summed E-state index contributed by atoms with van der Waals surface area (Å²) in [7, 11) is 0. The van der Waals surface area contributed by atoms with Gasteiger partial charge in [0.1, 0.15) is 0 Å². The summed E-state index contributed by atoms with van der Waals surface area (Å²) in [5.74, 6) is 0.280. The summed E-state index contributed by atoms with van der Waals surface area (Å²) < 4.78 is 5.02. The first-order valence-electron chi connectivity index (χ1n) is 6.38. The smallest absolute Gasteiger partial charge is 0.399 e. The average Bonchev–Trinajstić information content (AvgIpc) is 2.87. The van der Waals surface area contributed by atoms with Crippen LogP contribution in [0.15, 0.2) is 33.5 Å². The van der Waals surface area contributed by atoms with Crippen molar-refractivity contribution in [1.82, 2.24) is 10.2 Å². The number of anilines is 2. The minimum Gasteiger partial charge on any atom is -0.399 e. The van der Waals surface area contributed by atoms with E-state index in [1.54, 1.807) is 0 Å². The van der Waals surface area contributed by atoms with Gasteiger partial charge in [-0.05, 0) is 37.1 Å². The summed E-state index contributed by atoms with van der Waals surface area (Å²) >= 11 is 0. The average molecular weight is 260 g/mol. The van der Waals surface area contributed by atoms with E-state index in [1.165, 1.54) is 5.69 Å². The molecule has 0 radical (unpaired) electrons. The number of nitrogens with zero attached hydrogens (tertiary/aromatic N) is 2. The van der Waals surface area contributed by atoms with Crippen molar-refractivity contribution in [2.45, 2.75) is 18.8 Å². The first kappa shape index (κ1) is 11.8. The van der Waals surface area contributed by atoms with Crippen molar-refractivity contribution in [3.8, 4) is 0 Å². The van der Waals surface area contributed by atoms with Gasteiger partial charge >= 0.3 is 5.76 Å². The van der Waals surface area contributed by atoms with Gasteiger partial charge < -0.3 is 15.1 Å². The lowest BCUT2D eigenvalue weighted by Crippen LogP contribution is -2.32. The highest BCUT2D eigenvalue weighted by Crippen LogP contribution is 2.29. The molecule has 1 aliphatic heterocycles. The van der Waals surface area contributed by atoms with Crippen LogP contribution in [0.5, 0.6) is 0 Å². The fraction of sp³-hybridized carbons (Fsp3) is 0.385. The van der Waals surface area contributed by atoms with E-state index >= 15 is 0 Å². The third-order valence-corrected chi connectivity index (χ3v) is 3.56. The molecule has 1 aliphatic rings. The van der Waals surface area contributed by atoms with Gasteiger partial charge in [0.2, 0.25) is 5.89 Å². The number of nitrogens with two attached hydrogens (primary N) is 1. The van der Waals surface area contributed by atoms with E-state index in [1.807, 2.05) is 24.3 Å². The number of nitrogen functional groups attached to an aromatic ring is 1. The summed E-state index contributed by atoms with van der Waals surface area (Å²) in [4.78, 5) is 13.2. The number of aromatic nitrogens is 2. The number of benzene rings is 1. The number of piperidine rings is 1. The molecule has 0 bridgehead atoms. The van der Waals surface area contributed by atoms with E-state index in [-0.39, 0.29) is 5.92 Å². The molecule has 6 nitrogen and oxygen atoms in total. The molecular weight excluding hydrogens is 244 g/mol. The fourth-order valence-corrected chi connectivity index (χ4v) is 2.49. The van der Waals surface area contributed by atoms with Crippen LogP contribution >= 0.6 is 0 Å².